The summed E-state index contributed by atoms with van der Waals surface area (Å²) >= 11 is 0. The van der Waals surface area contributed by atoms with Crippen LogP contribution in [0.4, 0.5) is 0 Å². The van der Waals surface area contributed by atoms with Crippen LogP contribution in [-0.4, -0.2) is 38.7 Å². The number of nitrogens with two attached hydrogens (primary N) is 1. The molecule has 2 rings (SSSR count). The molecule has 0 amide bonds. The molecule has 2 N–H and O–H groups in total. The summed E-state index contributed by atoms with van der Waals surface area (Å²) in [6.07, 6.45) is 3.73. The third-order valence-electron chi connectivity index (χ3n) is 1.88. The van der Waals surface area contributed by atoms with Crippen LogP contribution < -0.4 is 5.73 Å². The SMILES string of the molecule is CS(=O)(=O)C1=CC(N)=NC2=NC=NC12. The molecule has 0 aliphatic carbocycles. The number of amidine groups is 2. The molecule has 1 unspecified atom stereocenters. The molecule has 0 bridgehead atoms. The quantitative estimate of drug-likeness (QED) is 0.609. The zero-order valence-electron chi connectivity index (χ0n) is 7.38. The molecular formula is C7H8N4O2S. The van der Waals surface area contributed by atoms with Gasteiger partial charge in [-0.2, -0.15) is 0 Å². The number of rotatable bonds is 1. The van der Waals surface area contributed by atoms with Crippen molar-refractivity contribution >= 4 is 27.8 Å². The largest absolute Gasteiger partial charge is 0.384 e. The molecule has 6 nitrogen and oxygen atoms in total. The van der Waals surface area contributed by atoms with Crippen molar-refractivity contribution in [3.63, 3.8) is 0 Å². The lowest BCUT2D eigenvalue weighted by Crippen LogP contribution is -2.30. The molecule has 0 spiro atoms. The van der Waals surface area contributed by atoms with Gasteiger partial charge in [0, 0.05) is 6.26 Å². The van der Waals surface area contributed by atoms with E-state index >= 15 is 0 Å². The maximum atomic E-state index is 11.4. The molecule has 0 aromatic rings. The number of dihydropyridines is 1. The fourth-order valence-electron chi connectivity index (χ4n) is 1.29. The van der Waals surface area contributed by atoms with E-state index in [1.54, 1.807) is 0 Å². The van der Waals surface area contributed by atoms with E-state index in [4.69, 9.17) is 5.73 Å². The van der Waals surface area contributed by atoms with Crippen LogP contribution in [-0.2, 0) is 9.84 Å². The summed E-state index contributed by atoms with van der Waals surface area (Å²) in [4.78, 5) is 11.8. The number of aliphatic imine (C=N–C) groups is 3. The Hall–Kier alpha value is -1.50. The third kappa shape index (κ3) is 1.35. The summed E-state index contributed by atoms with van der Waals surface area (Å²) in [6.45, 7) is 0. The minimum absolute atomic E-state index is 0.144. The van der Waals surface area contributed by atoms with Crippen LogP contribution in [0, 0.1) is 0 Å². The molecule has 0 saturated carbocycles. The highest BCUT2D eigenvalue weighted by Gasteiger charge is 2.32. The monoisotopic (exact) mass is 212 g/mol. The lowest BCUT2D eigenvalue weighted by Gasteiger charge is -2.15. The van der Waals surface area contributed by atoms with E-state index in [0.717, 1.165) is 6.26 Å². The van der Waals surface area contributed by atoms with E-state index in [2.05, 4.69) is 15.0 Å². The second kappa shape index (κ2) is 2.74. The van der Waals surface area contributed by atoms with E-state index in [9.17, 15) is 8.42 Å². The highest BCUT2D eigenvalue weighted by Crippen LogP contribution is 2.21. The Balaban J connectivity index is 2.57. The first kappa shape index (κ1) is 9.07. The lowest BCUT2D eigenvalue weighted by atomic mass is 10.2. The van der Waals surface area contributed by atoms with Gasteiger partial charge in [0.2, 0.25) is 0 Å². The Morgan fingerprint density at radius 3 is 2.86 bits per heavy atom. The molecule has 0 aromatic carbocycles. The molecule has 7 heteroatoms. The van der Waals surface area contributed by atoms with Crippen molar-refractivity contribution in [2.45, 2.75) is 6.04 Å². The molecule has 2 aliphatic rings. The first-order valence-corrected chi connectivity index (χ1v) is 5.73. The average molecular weight is 212 g/mol. The fourth-order valence-corrected chi connectivity index (χ4v) is 2.19. The summed E-state index contributed by atoms with van der Waals surface area (Å²) in [5, 5.41) is 0. The highest BCUT2D eigenvalue weighted by atomic mass is 32.2. The van der Waals surface area contributed by atoms with Crippen molar-refractivity contribution in [3.05, 3.63) is 11.0 Å². The van der Waals surface area contributed by atoms with Crippen molar-refractivity contribution in [1.82, 2.24) is 0 Å². The zero-order chi connectivity index (χ0) is 10.3. The Labute approximate surface area is 80.9 Å². The molecule has 1 atom stereocenters. The number of sulfone groups is 1. The summed E-state index contributed by atoms with van der Waals surface area (Å²) < 4.78 is 22.7. The van der Waals surface area contributed by atoms with Crippen molar-refractivity contribution < 1.29 is 8.42 Å². The van der Waals surface area contributed by atoms with Gasteiger partial charge in [-0.15, -0.1) is 0 Å². The third-order valence-corrected chi connectivity index (χ3v) is 3.08. The van der Waals surface area contributed by atoms with Gasteiger partial charge in [-0.1, -0.05) is 0 Å². The van der Waals surface area contributed by atoms with Gasteiger partial charge in [-0.05, 0) is 6.08 Å². The van der Waals surface area contributed by atoms with E-state index in [1.165, 1.54) is 12.4 Å². The Bertz CT molecular complexity index is 498. The summed E-state index contributed by atoms with van der Waals surface area (Å²) in [5.41, 5.74) is 5.45. The molecule has 0 fully saturated rings. The van der Waals surface area contributed by atoms with Crippen molar-refractivity contribution in [2.24, 2.45) is 20.7 Å². The number of hydrogen-bond donors (Lipinski definition) is 1. The summed E-state index contributed by atoms with van der Waals surface area (Å²) in [7, 11) is -3.31. The Morgan fingerprint density at radius 2 is 2.21 bits per heavy atom. The van der Waals surface area contributed by atoms with Crippen LogP contribution in [0.15, 0.2) is 26.0 Å². The van der Waals surface area contributed by atoms with Crippen LogP contribution in [0.25, 0.3) is 0 Å². The van der Waals surface area contributed by atoms with Crippen LogP contribution in [0.2, 0.25) is 0 Å². The van der Waals surface area contributed by atoms with Crippen LogP contribution in [0.3, 0.4) is 0 Å². The molecule has 14 heavy (non-hydrogen) atoms. The topological polar surface area (TPSA) is 97.2 Å². The fraction of sp³-hybridized carbons (Fsp3) is 0.286. The van der Waals surface area contributed by atoms with Gasteiger partial charge in [0.25, 0.3) is 0 Å². The van der Waals surface area contributed by atoms with Crippen molar-refractivity contribution in [3.8, 4) is 0 Å². The highest BCUT2D eigenvalue weighted by molar-refractivity contribution is 7.94. The second-order valence-corrected chi connectivity index (χ2v) is 5.03. The van der Waals surface area contributed by atoms with Crippen LogP contribution in [0.5, 0.6) is 0 Å². The van der Waals surface area contributed by atoms with Crippen molar-refractivity contribution in [2.75, 3.05) is 6.26 Å². The maximum absolute atomic E-state index is 11.4. The second-order valence-electron chi connectivity index (χ2n) is 3.01. The Morgan fingerprint density at radius 1 is 1.50 bits per heavy atom. The van der Waals surface area contributed by atoms with Crippen LogP contribution >= 0.6 is 0 Å². The average Bonchev–Trinajstić information content (AvgIpc) is 2.47. The van der Waals surface area contributed by atoms with E-state index < -0.39 is 15.9 Å². The van der Waals surface area contributed by atoms with Gasteiger partial charge < -0.3 is 5.73 Å². The predicted molar refractivity (Wildman–Crippen MR) is 54.3 cm³/mol. The molecule has 2 heterocycles. The van der Waals surface area contributed by atoms with Gasteiger partial charge in [-0.3, -0.25) is 4.99 Å². The molecule has 0 saturated heterocycles. The van der Waals surface area contributed by atoms with E-state index in [0.29, 0.717) is 5.84 Å². The summed E-state index contributed by atoms with van der Waals surface area (Å²) in [6, 6.07) is -0.600. The van der Waals surface area contributed by atoms with E-state index in [1.807, 2.05) is 0 Å². The molecule has 2 aliphatic heterocycles. The minimum Gasteiger partial charge on any atom is -0.384 e. The van der Waals surface area contributed by atoms with Gasteiger partial charge in [0.15, 0.2) is 15.7 Å². The normalized spacial score (nSPS) is 25.2. The van der Waals surface area contributed by atoms with Gasteiger partial charge in [0.05, 0.1) is 4.91 Å². The minimum atomic E-state index is -3.31. The number of fused-ring (bicyclic) bond motifs is 1. The summed E-state index contributed by atoms with van der Waals surface area (Å²) in [5.74, 6) is 0.483. The Kier molecular flexibility index (Phi) is 1.78. The first-order chi connectivity index (χ1) is 6.48. The molecule has 0 radical (unpaired) electrons. The van der Waals surface area contributed by atoms with Crippen molar-refractivity contribution in [1.29, 1.82) is 0 Å². The van der Waals surface area contributed by atoms with Gasteiger partial charge in [0.1, 0.15) is 18.2 Å². The number of nitrogens with zero attached hydrogens (tertiary/aromatic N) is 3. The molecule has 74 valence electrons. The van der Waals surface area contributed by atoms with Gasteiger partial charge in [-0.25, -0.2) is 18.4 Å². The predicted octanol–water partition coefficient (Wildman–Crippen LogP) is -0.905. The molecular weight excluding hydrogens is 204 g/mol. The zero-order valence-corrected chi connectivity index (χ0v) is 8.19. The number of hydrogen-bond acceptors (Lipinski definition) is 6. The lowest BCUT2D eigenvalue weighted by molar-refractivity contribution is 0.606. The molecule has 0 aromatic heterocycles. The van der Waals surface area contributed by atoms with Crippen LogP contribution in [0.1, 0.15) is 0 Å². The first-order valence-electron chi connectivity index (χ1n) is 3.83. The maximum Gasteiger partial charge on any atom is 0.174 e. The van der Waals surface area contributed by atoms with E-state index in [-0.39, 0.29) is 10.7 Å². The smallest absolute Gasteiger partial charge is 0.174 e. The standard InChI is InChI=1S/C7H8N4O2S/c1-14(12,13)4-2-5(8)11-7-6(4)9-3-10-7/h2-3,6H,1H3,(H2,8,9,10,11). The van der Waals surface area contributed by atoms with Gasteiger partial charge >= 0.3 is 0 Å².